The van der Waals surface area contributed by atoms with Crippen molar-refractivity contribution in [2.45, 2.75) is 13.5 Å². The first-order chi connectivity index (χ1) is 8.65. The number of pyridine rings is 1. The summed E-state index contributed by atoms with van der Waals surface area (Å²) in [6, 6.07) is 4.91. The standard InChI is InChI=1S/C13H14FIN2O/c1-3-16-12-6-9(7-18-2)17-13-10(12)4-8(14)5-11(13)15/h4-6H,3,7H2,1-2H3,(H,16,17). The summed E-state index contributed by atoms with van der Waals surface area (Å²) < 4.78 is 19.4. The van der Waals surface area contributed by atoms with E-state index in [2.05, 4.69) is 32.9 Å². The molecule has 1 heterocycles. The fourth-order valence-corrected chi connectivity index (χ4v) is 2.57. The van der Waals surface area contributed by atoms with Gasteiger partial charge in [0.25, 0.3) is 0 Å². The van der Waals surface area contributed by atoms with Gasteiger partial charge in [-0.25, -0.2) is 9.37 Å². The molecular formula is C13H14FIN2O. The Hall–Kier alpha value is -0.950. The number of aromatic nitrogens is 1. The number of hydrogen-bond acceptors (Lipinski definition) is 3. The lowest BCUT2D eigenvalue weighted by Gasteiger charge is -2.11. The Bertz CT molecular complexity index is 574. The van der Waals surface area contributed by atoms with Crippen LogP contribution in [-0.4, -0.2) is 18.6 Å². The average molecular weight is 360 g/mol. The quantitative estimate of drug-likeness (QED) is 0.847. The molecule has 1 N–H and O–H groups in total. The Morgan fingerprint density at radius 2 is 2.17 bits per heavy atom. The first-order valence-corrected chi connectivity index (χ1v) is 6.75. The van der Waals surface area contributed by atoms with E-state index in [4.69, 9.17) is 4.74 Å². The number of anilines is 1. The second kappa shape index (κ2) is 5.79. The van der Waals surface area contributed by atoms with Crippen LogP contribution in [0.25, 0.3) is 10.9 Å². The van der Waals surface area contributed by atoms with Crippen LogP contribution < -0.4 is 5.32 Å². The van der Waals surface area contributed by atoms with Crippen LogP contribution in [0.4, 0.5) is 10.1 Å². The van der Waals surface area contributed by atoms with E-state index < -0.39 is 0 Å². The number of nitrogens with zero attached hydrogens (tertiary/aromatic N) is 1. The summed E-state index contributed by atoms with van der Waals surface area (Å²) in [5.74, 6) is -0.243. The van der Waals surface area contributed by atoms with E-state index in [1.165, 1.54) is 12.1 Å². The van der Waals surface area contributed by atoms with Crippen LogP contribution in [0.1, 0.15) is 12.6 Å². The van der Waals surface area contributed by atoms with Crippen LogP contribution in [0.15, 0.2) is 18.2 Å². The largest absolute Gasteiger partial charge is 0.385 e. The maximum Gasteiger partial charge on any atom is 0.125 e. The van der Waals surface area contributed by atoms with Gasteiger partial charge in [-0.05, 0) is 47.7 Å². The van der Waals surface area contributed by atoms with Gasteiger partial charge in [0, 0.05) is 28.3 Å². The highest BCUT2D eigenvalue weighted by Gasteiger charge is 2.10. The van der Waals surface area contributed by atoms with Crippen molar-refractivity contribution in [3.63, 3.8) is 0 Å². The third-order valence-corrected chi connectivity index (χ3v) is 3.37. The molecule has 0 bridgehead atoms. The first-order valence-electron chi connectivity index (χ1n) is 5.67. The number of nitrogens with one attached hydrogen (secondary N) is 1. The first kappa shape index (κ1) is 13.5. The molecule has 0 radical (unpaired) electrons. The van der Waals surface area contributed by atoms with E-state index in [1.54, 1.807) is 7.11 Å². The van der Waals surface area contributed by atoms with Crippen molar-refractivity contribution in [2.75, 3.05) is 19.0 Å². The highest BCUT2D eigenvalue weighted by atomic mass is 127. The highest BCUT2D eigenvalue weighted by molar-refractivity contribution is 14.1. The van der Waals surface area contributed by atoms with Crippen molar-refractivity contribution in [3.8, 4) is 0 Å². The van der Waals surface area contributed by atoms with Crippen LogP contribution in [0.3, 0.4) is 0 Å². The topological polar surface area (TPSA) is 34.1 Å². The molecule has 1 aromatic heterocycles. The molecular weight excluding hydrogens is 346 g/mol. The molecule has 0 aliphatic rings. The van der Waals surface area contributed by atoms with Gasteiger partial charge in [0.15, 0.2) is 0 Å². The maximum absolute atomic E-state index is 13.5. The van der Waals surface area contributed by atoms with Gasteiger partial charge in [0.05, 0.1) is 17.8 Å². The molecule has 96 valence electrons. The monoisotopic (exact) mass is 360 g/mol. The molecule has 0 fully saturated rings. The van der Waals surface area contributed by atoms with E-state index >= 15 is 0 Å². The average Bonchev–Trinajstić information content (AvgIpc) is 2.31. The molecule has 0 amide bonds. The van der Waals surface area contributed by atoms with E-state index in [0.717, 1.165) is 32.4 Å². The molecule has 1 aromatic carbocycles. The summed E-state index contributed by atoms with van der Waals surface area (Å²) in [5.41, 5.74) is 2.54. The van der Waals surface area contributed by atoms with Crippen molar-refractivity contribution in [1.29, 1.82) is 0 Å². The third kappa shape index (κ3) is 2.72. The summed E-state index contributed by atoms with van der Waals surface area (Å²) >= 11 is 2.10. The molecule has 0 atom stereocenters. The van der Waals surface area contributed by atoms with Crippen molar-refractivity contribution in [1.82, 2.24) is 4.98 Å². The van der Waals surface area contributed by atoms with Crippen LogP contribution >= 0.6 is 22.6 Å². The smallest absolute Gasteiger partial charge is 0.125 e. The predicted molar refractivity (Wildman–Crippen MR) is 79.3 cm³/mol. The third-order valence-electron chi connectivity index (χ3n) is 2.54. The SMILES string of the molecule is CCNc1cc(COC)nc2c(I)cc(F)cc12. The zero-order valence-electron chi connectivity index (χ0n) is 10.3. The molecule has 0 aliphatic heterocycles. The number of halogens is 2. The Labute approximate surface area is 119 Å². The summed E-state index contributed by atoms with van der Waals surface area (Å²) in [6.07, 6.45) is 0. The molecule has 2 aromatic rings. The summed E-state index contributed by atoms with van der Waals surface area (Å²) in [6.45, 7) is 3.23. The lowest BCUT2D eigenvalue weighted by Crippen LogP contribution is -2.02. The molecule has 0 aliphatic carbocycles. The normalized spacial score (nSPS) is 10.9. The number of methoxy groups -OCH3 is 1. The number of rotatable bonds is 4. The number of benzene rings is 1. The zero-order chi connectivity index (χ0) is 13.1. The molecule has 5 heteroatoms. The minimum Gasteiger partial charge on any atom is -0.385 e. The minimum atomic E-state index is -0.243. The van der Waals surface area contributed by atoms with Crippen molar-refractivity contribution >= 4 is 39.2 Å². The fraction of sp³-hybridized carbons (Fsp3) is 0.308. The van der Waals surface area contributed by atoms with Gasteiger partial charge in [0.1, 0.15) is 5.82 Å². The molecule has 0 unspecified atom stereocenters. The van der Waals surface area contributed by atoms with Crippen molar-refractivity contribution in [2.24, 2.45) is 0 Å². The van der Waals surface area contributed by atoms with E-state index in [0.29, 0.717) is 6.61 Å². The van der Waals surface area contributed by atoms with Gasteiger partial charge in [-0.1, -0.05) is 0 Å². The van der Waals surface area contributed by atoms with E-state index in [9.17, 15) is 4.39 Å². The second-order valence-corrected chi connectivity index (χ2v) is 5.07. The van der Waals surface area contributed by atoms with Crippen LogP contribution in [0.5, 0.6) is 0 Å². The molecule has 0 saturated heterocycles. The fourth-order valence-electron chi connectivity index (χ4n) is 1.86. The number of hydrogen-bond donors (Lipinski definition) is 1. The van der Waals surface area contributed by atoms with Gasteiger partial charge in [-0.2, -0.15) is 0 Å². The molecule has 3 nitrogen and oxygen atoms in total. The minimum absolute atomic E-state index is 0.243. The highest BCUT2D eigenvalue weighted by Crippen LogP contribution is 2.28. The molecule has 0 saturated carbocycles. The van der Waals surface area contributed by atoms with Crippen LogP contribution in [0.2, 0.25) is 0 Å². The van der Waals surface area contributed by atoms with Crippen molar-refractivity contribution in [3.05, 3.63) is 33.3 Å². The van der Waals surface area contributed by atoms with E-state index in [-0.39, 0.29) is 5.82 Å². The maximum atomic E-state index is 13.5. The number of ether oxygens (including phenoxy) is 1. The van der Waals surface area contributed by atoms with Gasteiger partial charge in [-0.15, -0.1) is 0 Å². The van der Waals surface area contributed by atoms with Gasteiger partial charge < -0.3 is 10.1 Å². The summed E-state index contributed by atoms with van der Waals surface area (Å²) in [4.78, 5) is 4.51. The van der Waals surface area contributed by atoms with Crippen molar-refractivity contribution < 1.29 is 9.13 Å². The Kier molecular flexibility index (Phi) is 4.34. The Balaban J connectivity index is 2.68. The van der Waals surface area contributed by atoms with Gasteiger partial charge in [-0.3, -0.25) is 0 Å². The van der Waals surface area contributed by atoms with E-state index in [1.807, 2.05) is 13.0 Å². The summed E-state index contributed by atoms with van der Waals surface area (Å²) in [7, 11) is 1.63. The Morgan fingerprint density at radius 3 is 2.83 bits per heavy atom. The Morgan fingerprint density at radius 1 is 1.39 bits per heavy atom. The zero-order valence-corrected chi connectivity index (χ0v) is 12.4. The lowest BCUT2D eigenvalue weighted by molar-refractivity contribution is 0.182. The molecule has 0 spiro atoms. The lowest BCUT2D eigenvalue weighted by atomic mass is 10.1. The van der Waals surface area contributed by atoms with Crippen LogP contribution in [-0.2, 0) is 11.3 Å². The van der Waals surface area contributed by atoms with Gasteiger partial charge >= 0.3 is 0 Å². The molecule has 2 rings (SSSR count). The van der Waals surface area contributed by atoms with Crippen LogP contribution in [0, 0.1) is 9.39 Å². The van der Waals surface area contributed by atoms with Gasteiger partial charge in [0.2, 0.25) is 0 Å². The second-order valence-electron chi connectivity index (χ2n) is 3.91. The summed E-state index contributed by atoms with van der Waals surface area (Å²) in [5, 5.41) is 4.04. The number of fused-ring (bicyclic) bond motifs is 1. The molecule has 18 heavy (non-hydrogen) atoms. The predicted octanol–water partition coefficient (Wildman–Crippen LogP) is 3.56.